The van der Waals surface area contributed by atoms with E-state index < -0.39 is 0 Å². The molecule has 284 valence electrons. The van der Waals surface area contributed by atoms with Gasteiger partial charge >= 0.3 is 0 Å². The van der Waals surface area contributed by atoms with E-state index >= 15 is 0 Å². The lowest BCUT2D eigenvalue weighted by Crippen LogP contribution is -2.64. The fourth-order valence-corrected chi connectivity index (χ4v) is 11.4. The number of aryl methyl sites for hydroxylation is 4. The fraction of sp³-hybridized carbons (Fsp3) is 0.222. The highest BCUT2D eigenvalue weighted by Crippen LogP contribution is 2.62. The number of hydrogen-bond donors (Lipinski definition) is 0. The van der Waals surface area contributed by atoms with Gasteiger partial charge in [0.15, 0.2) is 0 Å². The van der Waals surface area contributed by atoms with Crippen LogP contribution in [0.1, 0.15) is 67.3 Å². The Kier molecular flexibility index (Phi) is 7.74. The Balaban J connectivity index is 1.30. The van der Waals surface area contributed by atoms with Crippen LogP contribution in [0.15, 0.2) is 146 Å². The summed E-state index contributed by atoms with van der Waals surface area (Å²) >= 11 is 0. The van der Waals surface area contributed by atoms with E-state index in [4.69, 9.17) is 0 Å². The first kappa shape index (κ1) is 35.2. The molecule has 0 radical (unpaired) electrons. The Morgan fingerprint density at radius 3 is 1.95 bits per heavy atom. The Hall–Kier alpha value is -6.00. The maximum atomic E-state index is 2.87. The molecule has 3 heterocycles. The Bertz CT molecular complexity index is 2760. The van der Waals surface area contributed by atoms with Gasteiger partial charge < -0.3 is 14.7 Å². The van der Waals surface area contributed by atoms with Gasteiger partial charge in [-0.25, -0.2) is 0 Å². The summed E-state index contributed by atoms with van der Waals surface area (Å²) in [7, 11) is 0. The first-order valence-corrected chi connectivity index (χ1v) is 21.3. The van der Waals surface area contributed by atoms with E-state index in [0.717, 1.165) is 6.42 Å². The lowest BCUT2D eigenvalue weighted by Gasteiger charge is -2.53. The van der Waals surface area contributed by atoms with Gasteiger partial charge in [-0.1, -0.05) is 117 Å². The molecule has 1 saturated carbocycles. The normalized spacial score (nSPS) is 19.7. The molecule has 7 aromatic rings. The van der Waals surface area contributed by atoms with Crippen molar-refractivity contribution >= 4 is 68.6 Å². The third-order valence-electron chi connectivity index (χ3n) is 14.5. The molecule has 1 fully saturated rings. The highest BCUT2D eigenvalue weighted by atomic mass is 15.3. The smallest absolute Gasteiger partial charge is 0.252 e. The Morgan fingerprint density at radius 2 is 1.22 bits per heavy atom. The fourth-order valence-electron chi connectivity index (χ4n) is 11.4. The molecule has 4 heteroatoms. The maximum absolute atomic E-state index is 2.87. The Morgan fingerprint density at radius 1 is 0.552 bits per heavy atom. The summed E-state index contributed by atoms with van der Waals surface area (Å²) in [6.07, 6.45) is 4.82. The van der Waals surface area contributed by atoms with Crippen molar-refractivity contribution in [2.45, 2.75) is 78.2 Å². The van der Waals surface area contributed by atoms with Crippen LogP contribution in [0.3, 0.4) is 0 Å². The van der Waals surface area contributed by atoms with E-state index in [9.17, 15) is 0 Å². The van der Waals surface area contributed by atoms with E-state index in [1.165, 1.54) is 120 Å². The zero-order valence-electron chi connectivity index (χ0n) is 34.6. The van der Waals surface area contributed by atoms with E-state index in [1.807, 2.05) is 0 Å². The van der Waals surface area contributed by atoms with Crippen molar-refractivity contribution in [3.05, 3.63) is 173 Å². The van der Waals surface area contributed by atoms with E-state index in [0.29, 0.717) is 0 Å². The molecule has 3 aliphatic heterocycles. The molecule has 1 aliphatic carbocycles. The second-order valence-electron chi connectivity index (χ2n) is 18.0. The first-order valence-electron chi connectivity index (χ1n) is 21.3. The van der Waals surface area contributed by atoms with Crippen molar-refractivity contribution in [2.75, 3.05) is 14.7 Å². The van der Waals surface area contributed by atoms with Crippen LogP contribution in [0.2, 0.25) is 0 Å². The van der Waals surface area contributed by atoms with Gasteiger partial charge in [-0.15, -0.1) is 0 Å². The molecule has 2 atom stereocenters. The molecule has 2 unspecified atom stereocenters. The lowest BCUT2D eigenvalue weighted by molar-refractivity contribution is 0.195. The average molecular weight is 752 g/mol. The number of hydrogen-bond acceptors (Lipinski definition) is 3. The number of anilines is 8. The molecule has 0 saturated heterocycles. The largest absolute Gasteiger partial charge is 0.335 e. The molecule has 11 rings (SSSR count). The van der Waals surface area contributed by atoms with Gasteiger partial charge in [0, 0.05) is 45.2 Å². The summed E-state index contributed by atoms with van der Waals surface area (Å²) in [5.74, 6) is 0. The minimum absolute atomic E-state index is 0.0193. The number of nitrogens with zero attached hydrogens (tertiary/aromatic N) is 3. The first-order chi connectivity index (χ1) is 28.2. The molecule has 0 amide bonds. The maximum Gasteiger partial charge on any atom is 0.252 e. The van der Waals surface area contributed by atoms with Crippen LogP contribution in [-0.2, 0) is 5.41 Å². The highest BCUT2D eigenvalue weighted by molar-refractivity contribution is 7.00. The summed E-state index contributed by atoms with van der Waals surface area (Å²) < 4.78 is 0. The topological polar surface area (TPSA) is 9.72 Å². The molecule has 0 N–H and O–H groups in total. The zero-order valence-corrected chi connectivity index (χ0v) is 34.6. The summed E-state index contributed by atoms with van der Waals surface area (Å²) in [6.45, 7) is 14.2. The second kappa shape index (κ2) is 12.8. The molecule has 4 aliphatic rings. The predicted octanol–water partition coefficient (Wildman–Crippen LogP) is 12.4. The zero-order chi connectivity index (χ0) is 39.5. The standard InChI is InChI=1S/C54H50BN3/c1-35-17-16-22-41(29-35)56-48-30-36(2)25-26-44(48)55-45-32-40(39-20-8-7-9-21-39)31-43-52(45)58(54(6)28-15-14-27-53(43,54)5)50-34-42(33-49(56)51(50)55)57(46-23-12-10-18-37(46)3)47-24-13-11-19-38(47)4/h7-13,16-26,29-34H,14-15,27-28H2,1-6H3. The summed E-state index contributed by atoms with van der Waals surface area (Å²) in [6, 6.07) is 55.4. The van der Waals surface area contributed by atoms with Gasteiger partial charge in [0.1, 0.15) is 0 Å². The minimum atomic E-state index is -0.104. The molecular formula is C54H50BN3. The molecule has 0 aromatic heterocycles. The molecule has 7 aromatic carbocycles. The number of fused-ring (bicyclic) bond motifs is 7. The van der Waals surface area contributed by atoms with Crippen LogP contribution in [0.5, 0.6) is 0 Å². The van der Waals surface area contributed by atoms with Gasteiger partial charge in [-0.05, 0) is 151 Å². The highest BCUT2D eigenvalue weighted by Gasteiger charge is 2.61. The van der Waals surface area contributed by atoms with Crippen molar-refractivity contribution in [1.82, 2.24) is 0 Å². The number of para-hydroxylation sites is 2. The van der Waals surface area contributed by atoms with Crippen LogP contribution in [0, 0.1) is 27.7 Å². The van der Waals surface area contributed by atoms with Gasteiger partial charge in [0.05, 0.1) is 11.2 Å². The van der Waals surface area contributed by atoms with Gasteiger partial charge in [-0.2, -0.15) is 0 Å². The minimum Gasteiger partial charge on any atom is -0.335 e. The van der Waals surface area contributed by atoms with Crippen LogP contribution < -0.4 is 31.1 Å². The van der Waals surface area contributed by atoms with Crippen LogP contribution in [-0.4, -0.2) is 12.3 Å². The van der Waals surface area contributed by atoms with Crippen molar-refractivity contribution < 1.29 is 0 Å². The molecule has 0 spiro atoms. The van der Waals surface area contributed by atoms with Crippen LogP contribution in [0.25, 0.3) is 11.1 Å². The number of benzene rings is 7. The quantitative estimate of drug-likeness (QED) is 0.162. The van der Waals surface area contributed by atoms with E-state index in [-0.39, 0.29) is 17.7 Å². The van der Waals surface area contributed by atoms with Crippen molar-refractivity contribution in [3.63, 3.8) is 0 Å². The lowest BCUT2D eigenvalue weighted by atomic mass is 9.33. The third kappa shape index (κ3) is 4.87. The van der Waals surface area contributed by atoms with Crippen LogP contribution >= 0.6 is 0 Å². The van der Waals surface area contributed by atoms with Crippen LogP contribution in [0.4, 0.5) is 45.5 Å². The third-order valence-corrected chi connectivity index (χ3v) is 14.5. The molecule has 0 bridgehead atoms. The van der Waals surface area contributed by atoms with Crippen molar-refractivity contribution in [1.29, 1.82) is 0 Å². The van der Waals surface area contributed by atoms with E-state index in [1.54, 1.807) is 0 Å². The average Bonchev–Trinajstić information content (AvgIpc) is 3.44. The predicted molar refractivity (Wildman–Crippen MR) is 248 cm³/mol. The Labute approximate surface area is 344 Å². The summed E-state index contributed by atoms with van der Waals surface area (Å²) in [5.41, 5.74) is 23.4. The van der Waals surface area contributed by atoms with Gasteiger partial charge in [0.2, 0.25) is 0 Å². The van der Waals surface area contributed by atoms with Crippen molar-refractivity contribution in [3.8, 4) is 11.1 Å². The number of rotatable bonds is 5. The molecule has 3 nitrogen and oxygen atoms in total. The summed E-state index contributed by atoms with van der Waals surface area (Å²) in [4.78, 5) is 7.99. The molecule has 58 heavy (non-hydrogen) atoms. The van der Waals surface area contributed by atoms with E-state index in [2.05, 4.69) is 202 Å². The molecular weight excluding hydrogens is 701 g/mol. The van der Waals surface area contributed by atoms with Gasteiger partial charge in [0.25, 0.3) is 6.71 Å². The summed E-state index contributed by atoms with van der Waals surface area (Å²) in [5, 5.41) is 0. The monoisotopic (exact) mass is 751 g/mol. The SMILES string of the molecule is Cc1cccc(N2c3cc(C)ccc3B3c4cc(-c5ccccc5)cc5c4N(c4cc(N(c6ccccc6C)c6ccccc6C)cc2c43)C2(C)CCCCC52C)c1. The van der Waals surface area contributed by atoms with Gasteiger partial charge in [-0.3, -0.25) is 0 Å². The van der Waals surface area contributed by atoms with Crippen molar-refractivity contribution in [2.24, 2.45) is 0 Å². The second-order valence-corrected chi connectivity index (χ2v) is 18.0.